The molecule has 2 saturated carbocycles. The molecule has 3 atom stereocenters. The van der Waals surface area contributed by atoms with E-state index in [1.165, 1.54) is 38.8 Å². The monoisotopic (exact) mass is 280 g/mol. The molecule has 3 heteroatoms. The van der Waals surface area contributed by atoms with Crippen molar-refractivity contribution in [2.45, 2.75) is 71.1 Å². The molecule has 0 aromatic heterocycles. The predicted octanol–water partition coefficient (Wildman–Crippen LogP) is 2.34. The third-order valence-electron chi connectivity index (χ3n) is 5.89. The van der Waals surface area contributed by atoms with Crippen LogP contribution in [0.2, 0.25) is 0 Å². The maximum Gasteiger partial charge on any atom is 0.0695 e. The second-order valence-corrected chi connectivity index (χ2v) is 8.31. The summed E-state index contributed by atoms with van der Waals surface area (Å²) in [5, 5.41) is 10.4. The predicted molar refractivity (Wildman–Crippen MR) is 82.8 cm³/mol. The molecule has 2 aliphatic carbocycles. The SMILES string of the molecule is CC(C)(C)C1CCC(O)C(N2CCN(C3CC3)CC2)C1. The van der Waals surface area contributed by atoms with Crippen LogP contribution < -0.4 is 0 Å². The Balaban J connectivity index is 1.57. The lowest BCUT2D eigenvalue weighted by atomic mass is 9.70. The fourth-order valence-electron chi connectivity index (χ4n) is 4.18. The van der Waals surface area contributed by atoms with Gasteiger partial charge in [0.25, 0.3) is 0 Å². The highest BCUT2D eigenvalue weighted by atomic mass is 16.3. The van der Waals surface area contributed by atoms with Crippen molar-refractivity contribution in [3.8, 4) is 0 Å². The lowest BCUT2D eigenvalue weighted by Crippen LogP contribution is -2.56. The van der Waals surface area contributed by atoms with E-state index in [1.807, 2.05) is 0 Å². The largest absolute Gasteiger partial charge is 0.391 e. The van der Waals surface area contributed by atoms with E-state index < -0.39 is 0 Å². The van der Waals surface area contributed by atoms with Gasteiger partial charge in [0.15, 0.2) is 0 Å². The first-order valence-electron chi connectivity index (χ1n) is 8.61. The van der Waals surface area contributed by atoms with Gasteiger partial charge in [-0.25, -0.2) is 0 Å². The zero-order valence-corrected chi connectivity index (χ0v) is 13.5. The lowest BCUT2D eigenvalue weighted by Gasteiger charge is -2.47. The van der Waals surface area contributed by atoms with Gasteiger partial charge >= 0.3 is 0 Å². The highest BCUT2D eigenvalue weighted by Crippen LogP contribution is 2.39. The molecule has 0 bridgehead atoms. The molecule has 3 unspecified atom stereocenters. The standard InChI is InChI=1S/C17H32N2O/c1-17(2,3)13-4-7-16(20)15(12-13)19-10-8-18(9-11-19)14-5-6-14/h13-16,20H,4-12H2,1-3H3. The van der Waals surface area contributed by atoms with Gasteiger partial charge < -0.3 is 5.11 Å². The number of piperazine rings is 1. The Kier molecular flexibility index (Phi) is 4.13. The number of nitrogens with zero attached hydrogens (tertiary/aromatic N) is 2. The van der Waals surface area contributed by atoms with E-state index >= 15 is 0 Å². The Hall–Kier alpha value is -0.120. The van der Waals surface area contributed by atoms with Crippen LogP contribution in [0.5, 0.6) is 0 Å². The van der Waals surface area contributed by atoms with Crippen molar-refractivity contribution < 1.29 is 5.11 Å². The maximum atomic E-state index is 10.4. The molecule has 0 amide bonds. The average molecular weight is 280 g/mol. The number of aliphatic hydroxyl groups is 1. The van der Waals surface area contributed by atoms with Gasteiger partial charge in [-0.3, -0.25) is 9.80 Å². The summed E-state index contributed by atoms with van der Waals surface area (Å²) in [6.45, 7) is 11.8. The number of hydrogen-bond acceptors (Lipinski definition) is 3. The Labute approximate surface area is 124 Å². The Morgan fingerprint density at radius 2 is 1.45 bits per heavy atom. The zero-order valence-electron chi connectivity index (χ0n) is 13.5. The van der Waals surface area contributed by atoms with Crippen LogP contribution in [0.4, 0.5) is 0 Å². The van der Waals surface area contributed by atoms with Crippen LogP contribution in [-0.2, 0) is 0 Å². The summed E-state index contributed by atoms with van der Waals surface area (Å²) in [5.74, 6) is 0.761. The molecule has 3 aliphatic rings. The molecule has 3 nitrogen and oxygen atoms in total. The minimum Gasteiger partial charge on any atom is -0.391 e. The number of aliphatic hydroxyl groups excluding tert-OH is 1. The van der Waals surface area contributed by atoms with Gasteiger partial charge in [0.2, 0.25) is 0 Å². The molecule has 1 heterocycles. The van der Waals surface area contributed by atoms with E-state index in [0.29, 0.717) is 11.5 Å². The van der Waals surface area contributed by atoms with E-state index in [0.717, 1.165) is 31.5 Å². The van der Waals surface area contributed by atoms with E-state index in [9.17, 15) is 5.11 Å². The summed E-state index contributed by atoms with van der Waals surface area (Å²) in [6.07, 6.45) is 6.12. The number of hydrogen-bond donors (Lipinski definition) is 1. The second-order valence-electron chi connectivity index (χ2n) is 8.31. The van der Waals surface area contributed by atoms with Gasteiger partial charge in [-0.15, -0.1) is 0 Å². The van der Waals surface area contributed by atoms with Crippen molar-refractivity contribution in [3.63, 3.8) is 0 Å². The lowest BCUT2D eigenvalue weighted by molar-refractivity contribution is -0.0338. The Bertz CT molecular complexity index is 326. The van der Waals surface area contributed by atoms with Crippen LogP contribution in [0.25, 0.3) is 0 Å². The highest BCUT2D eigenvalue weighted by molar-refractivity contribution is 4.94. The van der Waals surface area contributed by atoms with Crippen LogP contribution in [0, 0.1) is 11.3 Å². The fraction of sp³-hybridized carbons (Fsp3) is 1.00. The highest BCUT2D eigenvalue weighted by Gasteiger charge is 2.39. The summed E-state index contributed by atoms with van der Waals surface area (Å²) in [6, 6.07) is 1.31. The molecule has 1 aliphatic heterocycles. The Morgan fingerprint density at radius 1 is 0.850 bits per heavy atom. The third-order valence-corrected chi connectivity index (χ3v) is 5.89. The molecule has 0 aromatic rings. The van der Waals surface area contributed by atoms with E-state index in [-0.39, 0.29) is 6.10 Å². The minimum absolute atomic E-state index is 0.0962. The van der Waals surface area contributed by atoms with E-state index in [2.05, 4.69) is 30.6 Å². The first kappa shape index (κ1) is 14.8. The topological polar surface area (TPSA) is 26.7 Å². The molecular weight excluding hydrogens is 248 g/mol. The maximum absolute atomic E-state index is 10.4. The van der Waals surface area contributed by atoms with Gasteiger partial charge in [-0.1, -0.05) is 20.8 Å². The zero-order chi connectivity index (χ0) is 14.3. The number of rotatable bonds is 2. The van der Waals surface area contributed by atoms with Crippen molar-refractivity contribution in [1.29, 1.82) is 0 Å². The van der Waals surface area contributed by atoms with E-state index in [1.54, 1.807) is 0 Å². The summed E-state index contributed by atoms with van der Waals surface area (Å²) in [4.78, 5) is 5.24. The molecule has 116 valence electrons. The van der Waals surface area contributed by atoms with Crippen LogP contribution in [0.15, 0.2) is 0 Å². The van der Waals surface area contributed by atoms with Crippen LogP contribution in [0.3, 0.4) is 0 Å². The molecule has 3 fully saturated rings. The van der Waals surface area contributed by atoms with Crippen LogP contribution in [-0.4, -0.2) is 59.3 Å². The molecule has 1 N–H and O–H groups in total. The molecule has 0 spiro atoms. The van der Waals surface area contributed by atoms with Gasteiger partial charge in [0, 0.05) is 38.3 Å². The van der Waals surface area contributed by atoms with Crippen molar-refractivity contribution in [3.05, 3.63) is 0 Å². The molecular formula is C17H32N2O. The van der Waals surface area contributed by atoms with Crippen molar-refractivity contribution >= 4 is 0 Å². The van der Waals surface area contributed by atoms with Gasteiger partial charge in [-0.05, 0) is 43.4 Å². The van der Waals surface area contributed by atoms with Crippen LogP contribution in [0.1, 0.15) is 52.9 Å². The summed E-state index contributed by atoms with van der Waals surface area (Å²) >= 11 is 0. The molecule has 3 rings (SSSR count). The third kappa shape index (κ3) is 3.20. The molecule has 20 heavy (non-hydrogen) atoms. The van der Waals surface area contributed by atoms with Gasteiger partial charge in [-0.2, -0.15) is 0 Å². The summed E-state index contributed by atoms with van der Waals surface area (Å²) < 4.78 is 0. The van der Waals surface area contributed by atoms with E-state index in [4.69, 9.17) is 0 Å². The Morgan fingerprint density at radius 3 is 2.00 bits per heavy atom. The van der Waals surface area contributed by atoms with Crippen LogP contribution >= 0.6 is 0 Å². The second kappa shape index (κ2) is 5.58. The molecule has 1 saturated heterocycles. The fourth-order valence-corrected chi connectivity index (χ4v) is 4.18. The smallest absolute Gasteiger partial charge is 0.0695 e. The first-order chi connectivity index (χ1) is 9.45. The minimum atomic E-state index is -0.0962. The molecule has 0 radical (unpaired) electrons. The van der Waals surface area contributed by atoms with Crippen molar-refractivity contribution in [2.75, 3.05) is 26.2 Å². The van der Waals surface area contributed by atoms with Gasteiger partial charge in [0.05, 0.1) is 6.10 Å². The normalized spacial score (nSPS) is 38.1. The van der Waals surface area contributed by atoms with Crippen molar-refractivity contribution in [2.24, 2.45) is 11.3 Å². The quantitative estimate of drug-likeness (QED) is 0.841. The average Bonchev–Trinajstić information content (AvgIpc) is 3.22. The molecule has 0 aromatic carbocycles. The van der Waals surface area contributed by atoms with Crippen molar-refractivity contribution in [1.82, 2.24) is 9.80 Å². The summed E-state index contributed by atoms with van der Waals surface area (Å²) in [7, 11) is 0. The van der Waals surface area contributed by atoms with Gasteiger partial charge in [0.1, 0.15) is 0 Å². The summed E-state index contributed by atoms with van der Waals surface area (Å²) in [5.41, 5.74) is 0.383. The first-order valence-corrected chi connectivity index (χ1v) is 8.61.